The van der Waals surface area contributed by atoms with Crippen LogP contribution in [0.15, 0.2) is 48.6 Å². The zero-order valence-electron chi connectivity index (χ0n) is 40.6. The van der Waals surface area contributed by atoms with Crippen LogP contribution < -0.4 is 9.64 Å². The van der Waals surface area contributed by atoms with Gasteiger partial charge in [-0.1, -0.05) is 58.0 Å². The Bertz CT molecular complexity index is 2460. The molecule has 9 rings (SSSR count). The molecule has 1 spiro atoms. The molecule has 10 atom stereocenters. The fourth-order valence-electron chi connectivity index (χ4n) is 14.2. The van der Waals surface area contributed by atoms with E-state index in [4.69, 9.17) is 23.4 Å². The molecule has 1 aliphatic carbocycles. The third kappa shape index (κ3) is 6.32. The van der Waals surface area contributed by atoms with Gasteiger partial charge >= 0.3 is 17.9 Å². The molecule has 65 heavy (non-hydrogen) atoms. The van der Waals surface area contributed by atoms with Gasteiger partial charge in [0.25, 0.3) is 0 Å². The molecular formula is C51H70N4O9Si. The van der Waals surface area contributed by atoms with Gasteiger partial charge in [-0.2, -0.15) is 0 Å². The first kappa shape index (κ1) is 45.9. The normalized spacial score (nSPS) is 35.2. The summed E-state index contributed by atoms with van der Waals surface area (Å²) in [5.74, 6) is -1.35. The number of rotatable bonds is 8. The summed E-state index contributed by atoms with van der Waals surface area (Å²) in [6, 6.07) is 11.2. The van der Waals surface area contributed by atoms with Crippen molar-refractivity contribution in [1.82, 2.24) is 14.8 Å². The second-order valence-corrected chi connectivity index (χ2v) is 26.7. The number of aromatic nitrogens is 1. The van der Waals surface area contributed by atoms with Crippen LogP contribution in [0.1, 0.15) is 89.6 Å². The number of esters is 3. The average molecular weight is 911 g/mol. The van der Waals surface area contributed by atoms with Crippen molar-refractivity contribution in [2.24, 2.45) is 11.3 Å². The number of fused-ring (bicyclic) bond motifs is 6. The number of carbonyl (C=O) groups excluding carboxylic acids is 3. The number of aromatic amines is 1. The minimum absolute atomic E-state index is 0.00306. The summed E-state index contributed by atoms with van der Waals surface area (Å²) in [6.07, 6.45) is 5.79. The highest BCUT2D eigenvalue weighted by molar-refractivity contribution is 6.74. The number of benzene rings is 2. The molecule has 352 valence electrons. The molecule has 5 aliphatic heterocycles. The summed E-state index contributed by atoms with van der Waals surface area (Å²) >= 11 is 0. The number of piperidine rings is 1. The zero-order valence-corrected chi connectivity index (χ0v) is 41.6. The molecule has 2 saturated heterocycles. The molecule has 2 N–H and O–H groups in total. The quantitative estimate of drug-likeness (QED) is 0.108. The van der Waals surface area contributed by atoms with Gasteiger partial charge in [-0.25, -0.2) is 4.79 Å². The molecule has 3 aromatic rings. The fourth-order valence-corrected chi connectivity index (χ4v) is 15.9. The van der Waals surface area contributed by atoms with Gasteiger partial charge in [0.05, 0.1) is 33.0 Å². The molecule has 2 aromatic carbocycles. The van der Waals surface area contributed by atoms with E-state index in [0.717, 1.165) is 59.5 Å². The Morgan fingerprint density at radius 2 is 1.71 bits per heavy atom. The average Bonchev–Trinajstić information content (AvgIpc) is 3.92. The van der Waals surface area contributed by atoms with Gasteiger partial charge in [0.15, 0.2) is 14.4 Å². The monoisotopic (exact) mass is 910 g/mol. The summed E-state index contributed by atoms with van der Waals surface area (Å²) in [4.78, 5) is 54.1. The van der Waals surface area contributed by atoms with Crippen molar-refractivity contribution in [3.63, 3.8) is 0 Å². The highest BCUT2D eigenvalue weighted by atomic mass is 28.4. The van der Waals surface area contributed by atoms with E-state index in [1.165, 1.54) is 21.1 Å². The van der Waals surface area contributed by atoms with E-state index in [9.17, 15) is 14.7 Å². The summed E-state index contributed by atoms with van der Waals surface area (Å²) in [5.41, 5.74) is -0.892. The molecule has 1 saturated carbocycles. The summed E-state index contributed by atoms with van der Waals surface area (Å²) in [7, 11) is 4.05. The van der Waals surface area contributed by atoms with Gasteiger partial charge in [0, 0.05) is 90.9 Å². The van der Waals surface area contributed by atoms with Gasteiger partial charge in [-0.15, -0.1) is 0 Å². The standard InChI is InChI=1S/C51H70N4O9Si/c1-13-48-20-16-22-55-24-21-49(41(48)55)35-25-36(39(60-8)26-38(35)53(7)42(49)51(59,45(58)62-10)43(48)63-31(2)56)50(44(57)61-9)28-32-27-47(6,64-65(11,12)46(3,4)5)30-54(29-32)23-19-34-33-17-14-15-18-37(33)52-40(34)50/h14-18,20,25-26,32,41-43,52,59H,13,19,21-24,27-30H2,1-12H3/t32-,41-,42+,43+,47-,48+,49+,50-,51-/m0/s1. The number of hydrogen-bond donors (Lipinski definition) is 2. The number of ether oxygens (including phenoxy) is 4. The highest BCUT2D eigenvalue weighted by Gasteiger charge is 2.80. The first-order chi connectivity index (χ1) is 30.6. The van der Waals surface area contributed by atoms with Crippen LogP contribution in [-0.4, -0.2) is 137 Å². The maximum Gasteiger partial charge on any atom is 0.344 e. The molecule has 13 nitrogen and oxygen atoms in total. The second kappa shape index (κ2) is 15.4. The third-order valence-electron chi connectivity index (χ3n) is 17.3. The van der Waals surface area contributed by atoms with Gasteiger partial charge in [0.1, 0.15) is 11.2 Å². The van der Waals surface area contributed by atoms with Crippen molar-refractivity contribution in [2.45, 2.75) is 132 Å². The number of nitrogens with one attached hydrogen (secondary N) is 1. The van der Waals surface area contributed by atoms with Crippen molar-refractivity contribution in [2.75, 3.05) is 66.0 Å². The lowest BCUT2D eigenvalue weighted by Crippen LogP contribution is -2.81. The van der Waals surface area contributed by atoms with E-state index in [0.29, 0.717) is 50.1 Å². The Labute approximate surface area is 385 Å². The predicted octanol–water partition coefficient (Wildman–Crippen LogP) is 6.63. The molecule has 0 amide bonds. The Morgan fingerprint density at radius 3 is 2.37 bits per heavy atom. The Balaban J connectivity index is 1.33. The van der Waals surface area contributed by atoms with Gasteiger partial charge in [-0.3, -0.25) is 19.4 Å². The van der Waals surface area contributed by atoms with Crippen LogP contribution in [0, 0.1) is 11.3 Å². The van der Waals surface area contributed by atoms with Crippen LogP contribution >= 0.6 is 0 Å². The number of anilines is 1. The summed E-state index contributed by atoms with van der Waals surface area (Å²) in [5, 5.41) is 14.5. The van der Waals surface area contributed by atoms with E-state index in [-0.39, 0.29) is 17.0 Å². The number of para-hydroxylation sites is 1. The van der Waals surface area contributed by atoms with E-state index < -0.39 is 65.8 Å². The summed E-state index contributed by atoms with van der Waals surface area (Å²) < 4.78 is 31.7. The second-order valence-electron chi connectivity index (χ2n) is 21.9. The minimum atomic E-state index is -2.30. The van der Waals surface area contributed by atoms with E-state index in [1.54, 1.807) is 7.11 Å². The van der Waals surface area contributed by atoms with Crippen LogP contribution in [-0.2, 0) is 50.3 Å². The number of likely N-dealkylation sites (N-methyl/N-ethyl adjacent to an activating group) is 1. The number of nitrogens with zero attached hydrogens (tertiary/aromatic N) is 3. The highest BCUT2D eigenvalue weighted by Crippen LogP contribution is 2.68. The van der Waals surface area contributed by atoms with Crippen LogP contribution in [0.3, 0.4) is 0 Å². The molecule has 6 aliphatic rings. The Hall–Kier alpha value is -4.21. The Morgan fingerprint density at radius 1 is 0.985 bits per heavy atom. The maximum atomic E-state index is 15.7. The van der Waals surface area contributed by atoms with Gasteiger partial charge < -0.3 is 38.4 Å². The largest absolute Gasteiger partial charge is 0.496 e. The number of hydrogen-bond acceptors (Lipinski definition) is 12. The van der Waals surface area contributed by atoms with Gasteiger partial charge in [0.2, 0.25) is 5.60 Å². The van der Waals surface area contributed by atoms with Crippen molar-refractivity contribution in [3.8, 4) is 5.75 Å². The number of aliphatic hydroxyl groups is 1. The smallest absolute Gasteiger partial charge is 0.344 e. The Kier molecular flexibility index (Phi) is 10.9. The van der Waals surface area contributed by atoms with E-state index >= 15 is 4.79 Å². The molecule has 14 heteroatoms. The van der Waals surface area contributed by atoms with Crippen molar-refractivity contribution < 1.29 is 42.9 Å². The van der Waals surface area contributed by atoms with E-state index in [1.807, 2.05) is 31.0 Å². The van der Waals surface area contributed by atoms with Crippen molar-refractivity contribution in [3.05, 3.63) is 70.9 Å². The minimum Gasteiger partial charge on any atom is -0.496 e. The molecule has 3 fully saturated rings. The number of carbonyl (C=O) groups is 3. The van der Waals surface area contributed by atoms with Crippen LogP contribution in [0.2, 0.25) is 18.1 Å². The SMILES string of the molecule is CC[C@]12C=CCN3CC[C@@]4(c5cc([C@@]6(C(=O)OC)C[C@H]7CN(CCc8c6[nH]c6ccccc86)C[C@@](C)(O[Si](C)(C)C(C)(C)C)C7)c(OC)cc5N(C)[C@H]4[C@@](O)(C(=O)OC)[C@@H]1OC(C)=O)[C@@H]32. The van der Waals surface area contributed by atoms with Crippen LogP contribution in [0.4, 0.5) is 5.69 Å². The predicted molar refractivity (Wildman–Crippen MR) is 252 cm³/mol. The number of H-pyrrole nitrogens is 1. The topological polar surface area (TPSA) is 143 Å². The lowest BCUT2D eigenvalue weighted by atomic mass is 9.47. The van der Waals surface area contributed by atoms with Crippen molar-refractivity contribution in [1.29, 1.82) is 0 Å². The lowest BCUT2D eigenvalue weighted by Gasteiger charge is -2.63. The summed E-state index contributed by atoms with van der Waals surface area (Å²) in [6.45, 7) is 20.8. The molecular weight excluding hydrogens is 841 g/mol. The third-order valence-corrected chi connectivity index (χ3v) is 22.0. The molecule has 1 aromatic heterocycles. The lowest BCUT2D eigenvalue weighted by molar-refractivity contribution is -0.228. The van der Waals surface area contributed by atoms with Crippen LogP contribution in [0.25, 0.3) is 10.9 Å². The van der Waals surface area contributed by atoms with Gasteiger partial charge in [-0.05, 0) is 92.9 Å². The maximum absolute atomic E-state index is 15.7. The number of methoxy groups -OCH3 is 3. The van der Waals surface area contributed by atoms with Crippen LogP contribution in [0.5, 0.6) is 5.75 Å². The molecule has 1 unspecified atom stereocenters. The first-order valence-electron chi connectivity index (χ1n) is 23.6. The fraction of sp³-hybridized carbons (Fsp3) is 0.627. The molecule has 0 radical (unpaired) electrons. The first-order valence-corrected chi connectivity index (χ1v) is 26.5. The molecule has 2 bridgehead atoms. The van der Waals surface area contributed by atoms with Crippen molar-refractivity contribution >= 4 is 42.8 Å². The zero-order chi connectivity index (χ0) is 46.9. The molecule has 6 heterocycles. The van der Waals surface area contributed by atoms with E-state index in [2.05, 4.69) is 92.0 Å².